The van der Waals surface area contributed by atoms with Crippen LogP contribution in [0.1, 0.15) is 25.3 Å². The van der Waals surface area contributed by atoms with E-state index in [9.17, 15) is 4.79 Å². The van der Waals surface area contributed by atoms with Gasteiger partial charge in [0.25, 0.3) is 0 Å². The molecule has 0 N–H and O–H groups in total. The van der Waals surface area contributed by atoms with Crippen molar-refractivity contribution in [3.05, 3.63) is 48.2 Å². The molecule has 0 spiro atoms. The van der Waals surface area contributed by atoms with Crippen LogP contribution in [0.3, 0.4) is 0 Å². The van der Waals surface area contributed by atoms with Crippen LogP contribution in [-0.2, 0) is 16.1 Å². The first-order chi connectivity index (χ1) is 10.6. The molecular formula is C18H23NO3. The van der Waals surface area contributed by atoms with Crippen molar-refractivity contribution < 1.29 is 14.3 Å². The Morgan fingerprint density at radius 2 is 2.18 bits per heavy atom. The average Bonchev–Trinajstić information content (AvgIpc) is 2.53. The van der Waals surface area contributed by atoms with Gasteiger partial charge in [0.2, 0.25) is 0 Å². The summed E-state index contributed by atoms with van der Waals surface area (Å²) >= 11 is 0. The van der Waals surface area contributed by atoms with Crippen LogP contribution in [-0.4, -0.2) is 30.2 Å². The molecule has 0 bridgehead atoms. The molecule has 2 heterocycles. The highest BCUT2D eigenvalue weighted by Crippen LogP contribution is 2.37. The van der Waals surface area contributed by atoms with E-state index in [4.69, 9.17) is 9.47 Å². The first-order valence-corrected chi connectivity index (χ1v) is 7.93. The van der Waals surface area contributed by atoms with Gasteiger partial charge in [-0.25, -0.2) is 4.79 Å². The summed E-state index contributed by atoms with van der Waals surface area (Å²) in [4.78, 5) is 14.1. The molecule has 0 aromatic heterocycles. The molecule has 118 valence electrons. The maximum Gasteiger partial charge on any atom is 0.410 e. The smallest absolute Gasteiger partial charge is 0.410 e. The van der Waals surface area contributed by atoms with Gasteiger partial charge >= 0.3 is 6.09 Å². The van der Waals surface area contributed by atoms with Crippen LogP contribution in [0.15, 0.2) is 42.7 Å². The second-order valence-electron chi connectivity index (χ2n) is 6.26. The third-order valence-corrected chi connectivity index (χ3v) is 4.72. The molecule has 4 nitrogen and oxygen atoms in total. The molecule has 2 saturated heterocycles. The highest BCUT2D eigenvalue weighted by atomic mass is 16.6. The zero-order chi connectivity index (χ0) is 15.5. The first-order valence-electron chi connectivity index (χ1n) is 7.93. The van der Waals surface area contributed by atoms with Gasteiger partial charge in [-0.2, -0.15) is 0 Å². The van der Waals surface area contributed by atoms with Crippen molar-refractivity contribution in [2.24, 2.45) is 11.8 Å². The molecule has 3 unspecified atom stereocenters. The van der Waals surface area contributed by atoms with Gasteiger partial charge in [-0.05, 0) is 24.8 Å². The Morgan fingerprint density at radius 1 is 1.41 bits per heavy atom. The van der Waals surface area contributed by atoms with Gasteiger partial charge in [0.1, 0.15) is 12.7 Å². The Balaban J connectivity index is 1.55. The van der Waals surface area contributed by atoms with Crippen molar-refractivity contribution in [1.82, 2.24) is 4.90 Å². The SMILES string of the molecule is C=C1CC2CCN(C(=O)OCc3ccccc3)CC2C(C)O1. The number of hydrogen-bond donors (Lipinski definition) is 0. The summed E-state index contributed by atoms with van der Waals surface area (Å²) in [7, 11) is 0. The highest BCUT2D eigenvalue weighted by Gasteiger charge is 2.39. The fourth-order valence-corrected chi connectivity index (χ4v) is 3.48. The minimum absolute atomic E-state index is 0.121. The van der Waals surface area contributed by atoms with E-state index < -0.39 is 0 Å². The highest BCUT2D eigenvalue weighted by molar-refractivity contribution is 5.67. The average molecular weight is 301 g/mol. The van der Waals surface area contributed by atoms with Gasteiger partial charge in [0, 0.05) is 25.4 Å². The van der Waals surface area contributed by atoms with Crippen molar-refractivity contribution in [2.75, 3.05) is 13.1 Å². The van der Waals surface area contributed by atoms with E-state index in [0.717, 1.165) is 30.7 Å². The molecule has 2 fully saturated rings. The molecule has 1 amide bonds. The molecule has 4 heteroatoms. The van der Waals surface area contributed by atoms with Crippen LogP contribution in [0.25, 0.3) is 0 Å². The zero-order valence-electron chi connectivity index (χ0n) is 13.0. The van der Waals surface area contributed by atoms with Crippen LogP contribution in [0.2, 0.25) is 0 Å². The minimum Gasteiger partial charge on any atom is -0.495 e. The molecule has 2 aliphatic heterocycles. The van der Waals surface area contributed by atoms with Crippen molar-refractivity contribution in [3.8, 4) is 0 Å². The molecule has 3 rings (SSSR count). The molecule has 2 aliphatic rings. The number of rotatable bonds is 2. The molecule has 0 aliphatic carbocycles. The quantitative estimate of drug-likeness (QED) is 0.838. The van der Waals surface area contributed by atoms with E-state index >= 15 is 0 Å². The lowest BCUT2D eigenvalue weighted by atomic mass is 9.78. The number of carbonyl (C=O) groups excluding carboxylic acids is 1. The van der Waals surface area contributed by atoms with E-state index in [-0.39, 0.29) is 12.2 Å². The molecule has 1 aromatic rings. The number of fused-ring (bicyclic) bond motifs is 1. The predicted octanol–water partition coefficient (Wildman–Crippen LogP) is 3.58. The fraction of sp³-hybridized carbons (Fsp3) is 0.500. The normalized spacial score (nSPS) is 27.8. The second kappa shape index (κ2) is 6.42. The number of hydrogen-bond acceptors (Lipinski definition) is 3. The van der Waals surface area contributed by atoms with E-state index in [2.05, 4.69) is 13.5 Å². The van der Waals surface area contributed by atoms with E-state index in [1.807, 2.05) is 35.2 Å². The summed E-state index contributed by atoms with van der Waals surface area (Å²) < 4.78 is 11.2. The van der Waals surface area contributed by atoms with Crippen LogP contribution in [0, 0.1) is 11.8 Å². The van der Waals surface area contributed by atoms with Crippen molar-refractivity contribution in [2.45, 2.75) is 32.5 Å². The number of carbonyl (C=O) groups is 1. The van der Waals surface area contributed by atoms with Gasteiger partial charge in [-0.3, -0.25) is 0 Å². The van der Waals surface area contributed by atoms with Crippen LogP contribution in [0.4, 0.5) is 4.79 Å². The van der Waals surface area contributed by atoms with Crippen LogP contribution < -0.4 is 0 Å². The molecular weight excluding hydrogens is 278 g/mol. The predicted molar refractivity (Wildman–Crippen MR) is 84.1 cm³/mol. The number of nitrogens with zero attached hydrogens (tertiary/aromatic N) is 1. The first kappa shape index (κ1) is 14.9. The van der Waals surface area contributed by atoms with E-state index in [0.29, 0.717) is 25.0 Å². The van der Waals surface area contributed by atoms with Crippen molar-refractivity contribution in [1.29, 1.82) is 0 Å². The van der Waals surface area contributed by atoms with Crippen LogP contribution in [0.5, 0.6) is 0 Å². The standard InChI is InChI=1S/C18H23NO3/c1-13-10-16-8-9-19(11-17(16)14(2)22-13)18(20)21-12-15-6-4-3-5-7-15/h3-7,14,16-17H,1,8-12H2,2H3. The maximum absolute atomic E-state index is 12.3. The Labute approximate surface area is 131 Å². The molecule has 1 aromatic carbocycles. The number of amides is 1. The van der Waals surface area contributed by atoms with Crippen LogP contribution >= 0.6 is 0 Å². The second-order valence-corrected chi connectivity index (χ2v) is 6.26. The topological polar surface area (TPSA) is 38.8 Å². The molecule has 3 atom stereocenters. The number of ether oxygens (including phenoxy) is 2. The summed E-state index contributed by atoms with van der Waals surface area (Å²) in [6.07, 6.45) is 1.81. The monoisotopic (exact) mass is 301 g/mol. The Bertz CT molecular complexity index is 543. The summed E-state index contributed by atoms with van der Waals surface area (Å²) in [5.74, 6) is 1.84. The molecule has 0 radical (unpaired) electrons. The minimum atomic E-state index is -0.223. The Hall–Kier alpha value is -1.97. The maximum atomic E-state index is 12.3. The van der Waals surface area contributed by atoms with Gasteiger partial charge in [0.05, 0.1) is 5.76 Å². The third kappa shape index (κ3) is 3.26. The fourth-order valence-electron chi connectivity index (χ4n) is 3.48. The number of allylic oxidation sites excluding steroid dienone is 1. The van der Waals surface area contributed by atoms with Gasteiger partial charge < -0.3 is 14.4 Å². The molecule has 22 heavy (non-hydrogen) atoms. The summed E-state index contributed by atoms with van der Waals surface area (Å²) in [6, 6.07) is 9.77. The lowest BCUT2D eigenvalue weighted by Crippen LogP contribution is -2.49. The summed E-state index contributed by atoms with van der Waals surface area (Å²) in [5.41, 5.74) is 1.01. The molecule has 0 saturated carbocycles. The van der Waals surface area contributed by atoms with E-state index in [1.54, 1.807) is 0 Å². The number of likely N-dealkylation sites (tertiary alicyclic amines) is 1. The lowest BCUT2D eigenvalue weighted by molar-refractivity contribution is -0.0369. The summed E-state index contributed by atoms with van der Waals surface area (Å²) in [5, 5.41) is 0. The van der Waals surface area contributed by atoms with Crippen molar-refractivity contribution in [3.63, 3.8) is 0 Å². The number of benzene rings is 1. The van der Waals surface area contributed by atoms with Crippen molar-refractivity contribution >= 4 is 6.09 Å². The lowest BCUT2D eigenvalue weighted by Gasteiger charge is -2.44. The van der Waals surface area contributed by atoms with Gasteiger partial charge in [-0.1, -0.05) is 36.9 Å². The zero-order valence-corrected chi connectivity index (χ0v) is 13.0. The Kier molecular flexibility index (Phi) is 4.36. The Morgan fingerprint density at radius 3 is 2.95 bits per heavy atom. The largest absolute Gasteiger partial charge is 0.495 e. The van der Waals surface area contributed by atoms with E-state index in [1.165, 1.54) is 0 Å². The van der Waals surface area contributed by atoms with Gasteiger partial charge in [0.15, 0.2) is 0 Å². The third-order valence-electron chi connectivity index (χ3n) is 4.72. The number of piperidine rings is 1. The summed E-state index contributed by atoms with van der Waals surface area (Å²) in [6.45, 7) is 7.82. The van der Waals surface area contributed by atoms with Gasteiger partial charge in [-0.15, -0.1) is 0 Å².